The molecule has 0 radical (unpaired) electrons. The number of hydrogen-bond acceptors (Lipinski definition) is 11. The second-order valence-corrected chi connectivity index (χ2v) is 12.8. The van der Waals surface area contributed by atoms with E-state index in [1.165, 1.54) is 6.42 Å². The van der Waals surface area contributed by atoms with Crippen molar-refractivity contribution in [3.05, 3.63) is 56.5 Å². The number of ether oxygens (including phenoxy) is 1. The van der Waals surface area contributed by atoms with E-state index in [-0.39, 0.29) is 23.1 Å². The van der Waals surface area contributed by atoms with Gasteiger partial charge in [-0.2, -0.15) is 0 Å². The van der Waals surface area contributed by atoms with Crippen molar-refractivity contribution in [1.82, 2.24) is 19.6 Å². The molecule has 2 fully saturated rings. The van der Waals surface area contributed by atoms with Crippen molar-refractivity contribution in [1.29, 1.82) is 0 Å². The van der Waals surface area contributed by atoms with Crippen LogP contribution in [-0.4, -0.2) is 63.9 Å². The number of carbonyl (C=O) groups excluding carboxylic acids is 1. The van der Waals surface area contributed by atoms with Gasteiger partial charge in [-0.15, -0.1) is 32.9 Å². The first-order valence-corrected chi connectivity index (χ1v) is 15.7. The van der Waals surface area contributed by atoms with Crippen LogP contribution in [0.2, 0.25) is 0 Å². The molecule has 0 spiro atoms. The average molecular weight is 608 g/mol. The van der Waals surface area contributed by atoms with Crippen LogP contribution in [0.4, 0.5) is 10.9 Å². The molecule has 14 heteroatoms. The molecule has 0 bridgehead atoms. The van der Waals surface area contributed by atoms with Crippen LogP contribution in [0.15, 0.2) is 39.3 Å². The van der Waals surface area contributed by atoms with Crippen molar-refractivity contribution in [2.45, 2.75) is 44.2 Å². The first-order valence-electron chi connectivity index (χ1n) is 14.0. The van der Waals surface area contributed by atoms with Gasteiger partial charge in [-0.05, 0) is 29.9 Å². The minimum atomic E-state index is -0.604. The lowest BCUT2D eigenvalue weighted by Gasteiger charge is -2.27. The molecular formula is C28H31N8O4S2+. The minimum absolute atomic E-state index is 0.133. The normalized spacial score (nSPS) is 19.5. The van der Waals surface area contributed by atoms with Crippen molar-refractivity contribution in [2.75, 3.05) is 36.5 Å². The standard InChI is InChI=1S/C28H30N8O4S2/c29-18-3-1-2-4-19(18)32-28-33-20(23(26(30)38)27-34-31-14-36(27)28)10-16-9-15(13-41-16)17-12-40-24-21(37)11-22(42-25(17)24)35-5-7-39-8-6-35/h9,11-14,18-19H,1-8,10,29H2,(H2,30,38)(H,32,33)/p+1/t18-,19+/m1/s1. The van der Waals surface area contributed by atoms with E-state index in [9.17, 15) is 9.59 Å². The van der Waals surface area contributed by atoms with E-state index < -0.39 is 5.91 Å². The second kappa shape index (κ2) is 11.1. The van der Waals surface area contributed by atoms with Gasteiger partial charge in [0.2, 0.25) is 11.4 Å². The van der Waals surface area contributed by atoms with Crippen LogP contribution in [0.1, 0.15) is 46.6 Å². The Morgan fingerprint density at radius 2 is 2.05 bits per heavy atom. The van der Waals surface area contributed by atoms with E-state index in [1.54, 1.807) is 45.7 Å². The van der Waals surface area contributed by atoms with Crippen LogP contribution in [0, 0.1) is 0 Å². The lowest BCUT2D eigenvalue weighted by atomic mass is 9.91. The maximum Gasteiger partial charge on any atom is 0.254 e. The predicted molar refractivity (Wildman–Crippen MR) is 161 cm³/mol. The maximum absolute atomic E-state index is 12.9. The Kier molecular flexibility index (Phi) is 7.14. The van der Waals surface area contributed by atoms with Gasteiger partial charge in [0.05, 0.1) is 34.7 Å². The van der Waals surface area contributed by atoms with Crippen LogP contribution < -0.4 is 27.1 Å². The maximum atomic E-state index is 12.9. The number of fused-ring (bicyclic) bond motifs is 2. The molecule has 2 atom stereocenters. The van der Waals surface area contributed by atoms with Crippen LogP contribution >= 0.6 is 22.7 Å². The summed E-state index contributed by atoms with van der Waals surface area (Å²) in [7, 11) is 0. The third-order valence-corrected chi connectivity index (χ3v) is 10.2. The number of nitrogens with two attached hydrogens (primary N) is 1. The van der Waals surface area contributed by atoms with E-state index in [4.69, 9.17) is 19.9 Å². The highest BCUT2D eigenvalue weighted by Gasteiger charge is 2.28. The number of thiophene rings is 1. The Morgan fingerprint density at radius 1 is 1.21 bits per heavy atom. The molecule has 1 aliphatic heterocycles. The molecule has 0 unspecified atom stereocenters. The molecule has 2 aliphatic rings. The van der Waals surface area contributed by atoms with E-state index in [0.29, 0.717) is 42.5 Å². The zero-order chi connectivity index (χ0) is 28.8. The van der Waals surface area contributed by atoms with Crippen molar-refractivity contribution in [3.63, 3.8) is 0 Å². The average Bonchev–Trinajstić information content (AvgIpc) is 3.75. The molecule has 5 aromatic heterocycles. The molecule has 0 aromatic carbocycles. The van der Waals surface area contributed by atoms with Gasteiger partial charge in [-0.1, -0.05) is 6.42 Å². The first-order chi connectivity index (χ1) is 20.5. The van der Waals surface area contributed by atoms with Gasteiger partial charge >= 0.3 is 0 Å². The van der Waals surface area contributed by atoms with E-state index in [0.717, 1.165) is 58.1 Å². The van der Waals surface area contributed by atoms with Crippen LogP contribution in [-0.2, 0) is 11.2 Å². The number of nitrogens with one attached hydrogen (secondary N) is 1. The van der Waals surface area contributed by atoms with Crippen LogP contribution in [0.25, 0.3) is 27.1 Å². The number of aromatic nitrogens is 4. The van der Waals surface area contributed by atoms with Crippen LogP contribution in [0.5, 0.6) is 0 Å². The van der Waals surface area contributed by atoms with Gasteiger partial charge < -0.3 is 30.8 Å². The molecule has 1 aliphatic carbocycles. The number of anilines is 2. The molecule has 218 valence electrons. The number of hydrogen-bond donors (Lipinski definition) is 3. The molecule has 12 nitrogen and oxygen atoms in total. The summed E-state index contributed by atoms with van der Waals surface area (Å²) >= 11 is 3.10. The molecule has 6 N–H and O–H groups in total. The molecule has 1 saturated heterocycles. The molecular weight excluding hydrogens is 576 g/mol. The zero-order valence-electron chi connectivity index (χ0n) is 22.9. The SMILES string of the molecule is NC(=O)c1c(Cc2cc(-c3coc4c(=O)cc(N5CCOCC5)sc34)cs2)nc(N[C@H]2CCCC[C@H]2[NH3+])n2cnnc12. The number of primary amides is 1. The Hall–Kier alpha value is -3.85. The molecule has 7 rings (SSSR count). The number of carbonyl (C=O) groups is 1. The fraction of sp³-hybridized carbons (Fsp3) is 0.393. The Bertz CT molecular complexity index is 1840. The molecule has 5 aromatic rings. The summed E-state index contributed by atoms with van der Waals surface area (Å²) in [5, 5.41) is 14.8. The number of amides is 1. The summed E-state index contributed by atoms with van der Waals surface area (Å²) in [4.78, 5) is 33.6. The number of nitrogens with zero attached hydrogens (tertiary/aromatic N) is 5. The quantitative estimate of drug-likeness (QED) is 0.252. The van der Waals surface area contributed by atoms with Gasteiger partial charge in [-0.25, -0.2) is 4.98 Å². The van der Waals surface area contributed by atoms with Crippen LogP contribution in [0.3, 0.4) is 0 Å². The lowest BCUT2D eigenvalue weighted by molar-refractivity contribution is -0.427. The largest absolute Gasteiger partial charge is 0.459 e. The number of furan rings is 1. The monoisotopic (exact) mass is 607 g/mol. The van der Waals surface area contributed by atoms with Gasteiger partial charge in [-0.3, -0.25) is 14.0 Å². The molecule has 1 saturated carbocycles. The highest BCUT2D eigenvalue weighted by molar-refractivity contribution is 7.22. The van der Waals surface area contributed by atoms with Gasteiger partial charge in [0.1, 0.15) is 24.2 Å². The topological polar surface area (TPSA) is 169 Å². The highest BCUT2D eigenvalue weighted by Crippen LogP contribution is 2.38. The smallest absolute Gasteiger partial charge is 0.254 e. The summed E-state index contributed by atoms with van der Waals surface area (Å²) in [6, 6.07) is 4.13. The molecule has 1 amide bonds. The predicted octanol–water partition coefficient (Wildman–Crippen LogP) is 2.51. The van der Waals surface area contributed by atoms with Gasteiger partial charge in [0.15, 0.2) is 11.2 Å². The third kappa shape index (κ3) is 4.93. The zero-order valence-corrected chi connectivity index (χ0v) is 24.5. The minimum Gasteiger partial charge on any atom is -0.459 e. The summed E-state index contributed by atoms with van der Waals surface area (Å²) < 4.78 is 13.7. The third-order valence-electron chi connectivity index (χ3n) is 8.06. The highest BCUT2D eigenvalue weighted by atomic mass is 32.1. The summed E-state index contributed by atoms with van der Waals surface area (Å²) in [6.07, 6.45) is 7.93. The molecule has 42 heavy (non-hydrogen) atoms. The van der Waals surface area contributed by atoms with Crippen molar-refractivity contribution < 1.29 is 19.7 Å². The number of rotatable bonds is 7. The van der Waals surface area contributed by atoms with E-state index in [1.807, 2.05) is 11.4 Å². The second-order valence-electron chi connectivity index (χ2n) is 10.8. The van der Waals surface area contributed by atoms with E-state index >= 15 is 0 Å². The van der Waals surface area contributed by atoms with E-state index in [2.05, 4.69) is 26.1 Å². The summed E-state index contributed by atoms with van der Waals surface area (Å²) in [6.45, 7) is 2.77. The lowest BCUT2D eigenvalue weighted by Crippen LogP contribution is -2.68. The summed E-state index contributed by atoms with van der Waals surface area (Å²) in [5.41, 5.74) is 13.4. The van der Waals surface area contributed by atoms with Gasteiger partial charge in [0.25, 0.3) is 5.91 Å². The fourth-order valence-electron chi connectivity index (χ4n) is 5.82. The van der Waals surface area contributed by atoms with Crippen molar-refractivity contribution >= 4 is 55.5 Å². The van der Waals surface area contributed by atoms with Gasteiger partial charge in [0, 0.05) is 42.4 Å². The molecule has 6 heterocycles. The first kappa shape index (κ1) is 27.0. The Balaban J connectivity index is 1.23. The van der Waals surface area contributed by atoms with Crippen molar-refractivity contribution in [2.24, 2.45) is 5.73 Å². The summed E-state index contributed by atoms with van der Waals surface area (Å²) in [5.74, 6) is -0.0265. The van der Waals surface area contributed by atoms with Crippen molar-refractivity contribution in [3.8, 4) is 11.1 Å². The number of quaternary nitrogens is 1. The fourth-order valence-corrected chi connectivity index (χ4v) is 7.91. The number of morpholine rings is 1. The Morgan fingerprint density at radius 3 is 2.86 bits per heavy atom. The Labute approximate surface area is 248 Å².